The molecule has 1 saturated carbocycles. The van der Waals surface area contributed by atoms with Gasteiger partial charge >= 0.3 is 0 Å². The van der Waals surface area contributed by atoms with Gasteiger partial charge in [0.2, 0.25) is 5.89 Å². The van der Waals surface area contributed by atoms with E-state index in [4.69, 9.17) is 14.4 Å². The molecule has 2 aliphatic rings. The van der Waals surface area contributed by atoms with Gasteiger partial charge in [-0.1, -0.05) is 49.9 Å². The number of likely N-dealkylation sites (tertiary alicyclic amines) is 1. The van der Waals surface area contributed by atoms with Crippen molar-refractivity contribution < 1.29 is 9.52 Å². The Morgan fingerprint density at radius 3 is 2.53 bits per heavy atom. The standard InChI is InChI=1S/C41H40N6O2/c1-25-33(9-5-11-35(25)41-46-37-20-28(17-27-7-3-4-8-27)18-31(21-42)39(37)49-41)34-10-6-12-36(26(34)2)45-40-38-30(13-15-43-40)19-29(22-44-38)23-47-16-14-32(48)24-47/h5-6,9-13,15,18-20,22,27,32,48H,3-4,7-8,14,16-17,23-24H2,1-2H3,(H,43,45)/t32-/m1/s1. The van der Waals surface area contributed by atoms with Crippen LogP contribution < -0.4 is 5.32 Å². The Bertz CT molecular complexity index is 2230. The fourth-order valence-electron chi connectivity index (χ4n) is 7.80. The molecule has 0 amide bonds. The van der Waals surface area contributed by atoms with E-state index >= 15 is 0 Å². The molecule has 0 spiro atoms. The molecule has 8 nitrogen and oxygen atoms in total. The Morgan fingerprint density at radius 1 is 0.939 bits per heavy atom. The Morgan fingerprint density at radius 2 is 1.73 bits per heavy atom. The first-order valence-corrected chi connectivity index (χ1v) is 17.4. The Labute approximate surface area is 286 Å². The maximum atomic E-state index is 9.98. The maximum absolute atomic E-state index is 9.98. The zero-order chi connectivity index (χ0) is 33.5. The van der Waals surface area contributed by atoms with Crippen LogP contribution in [-0.4, -0.2) is 44.2 Å². The second-order valence-electron chi connectivity index (χ2n) is 13.8. The Hall–Kier alpha value is -5.10. The summed E-state index contributed by atoms with van der Waals surface area (Å²) in [6.45, 7) is 6.60. The number of nitriles is 1. The smallest absolute Gasteiger partial charge is 0.227 e. The van der Waals surface area contributed by atoms with Crippen LogP contribution in [0.3, 0.4) is 0 Å². The summed E-state index contributed by atoms with van der Waals surface area (Å²) in [5.41, 5.74) is 11.1. The summed E-state index contributed by atoms with van der Waals surface area (Å²) in [6, 6.07) is 23.1. The number of fused-ring (bicyclic) bond motifs is 2. The second kappa shape index (κ2) is 13.1. The van der Waals surface area contributed by atoms with E-state index < -0.39 is 0 Å². The lowest BCUT2D eigenvalue weighted by Crippen LogP contribution is -2.21. The lowest BCUT2D eigenvalue weighted by atomic mass is 9.93. The molecule has 246 valence electrons. The van der Waals surface area contributed by atoms with Crippen molar-refractivity contribution in [1.82, 2.24) is 19.9 Å². The first kappa shape index (κ1) is 31.2. The molecule has 3 aromatic carbocycles. The molecule has 4 heterocycles. The van der Waals surface area contributed by atoms with Crippen LogP contribution in [0.2, 0.25) is 0 Å². The first-order valence-electron chi connectivity index (χ1n) is 17.4. The van der Waals surface area contributed by atoms with Crippen LogP contribution in [0, 0.1) is 31.1 Å². The van der Waals surface area contributed by atoms with Gasteiger partial charge in [0.1, 0.15) is 17.1 Å². The van der Waals surface area contributed by atoms with Gasteiger partial charge < -0.3 is 14.8 Å². The number of β-amino-alcohol motifs (C(OH)–C–C–N with tert-alkyl or cyclic N) is 1. The molecule has 2 N–H and O–H groups in total. The SMILES string of the molecule is Cc1c(Nc2nccc3cc(CN4CC[C@@H](O)C4)cnc23)cccc1-c1cccc(-c2nc3cc(CC4CCCC4)cc(C#N)c3o2)c1C. The number of anilines is 2. The number of aliphatic hydroxyl groups excluding tert-OH is 1. The van der Waals surface area contributed by atoms with Gasteiger partial charge in [-0.2, -0.15) is 5.26 Å². The number of hydrogen-bond acceptors (Lipinski definition) is 8. The largest absolute Gasteiger partial charge is 0.435 e. The molecule has 1 atom stereocenters. The van der Waals surface area contributed by atoms with Crippen molar-refractivity contribution >= 4 is 33.5 Å². The zero-order valence-corrected chi connectivity index (χ0v) is 28.0. The summed E-state index contributed by atoms with van der Waals surface area (Å²) in [5, 5.41) is 24.5. The highest BCUT2D eigenvalue weighted by Gasteiger charge is 2.22. The van der Waals surface area contributed by atoms with Crippen LogP contribution >= 0.6 is 0 Å². The minimum Gasteiger partial charge on any atom is -0.435 e. The molecule has 0 radical (unpaired) electrons. The quantitative estimate of drug-likeness (QED) is 0.169. The van der Waals surface area contributed by atoms with Gasteiger partial charge in [-0.15, -0.1) is 0 Å². The number of rotatable bonds is 8. The van der Waals surface area contributed by atoms with Crippen LogP contribution in [0.25, 0.3) is 44.6 Å². The third-order valence-electron chi connectivity index (χ3n) is 10.4. The lowest BCUT2D eigenvalue weighted by Gasteiger charge is -2.17. The number of aliphatic hydroxyl groups is 1. The maximum Gasteiger partial charge on any atom is 0.227 e. The molecule has 8 heteroatoms. The van der Waals surface area contributed by atoms with Crippen molar-refractivity contribution in [1.29, 1.82) is 5.26 Å². The molecule has 2 fully saturated rings. The van der Waals surface area contributed by atoms with Gasteiger partial charge in [0.25, 0.3) is 0 Å². The highest BCUT2D eigenvalue weighted by Crippen LogP contribution is 2.38. The van der Waals surface area contributed by atoms with Crippen LogP contribution in [0.4, 0.5) is 11.5 Å². The molecule has 1 aliphatic heterocycles. The van der Waals surface area contributed by atoms with Gasteiger partial charge in [0.15, 0.2) is 11.4 Å². The summed E-state index contributed by atoms with van der Waals surface area (Å²) in [7, 11) is 0. The molecular formula is C41H40N6O2. The van der Waals surface area contributed by atoms with Crippen molar-refractivity contribution in [2.75, 3.05) is 18.4 Å². The third kappa shape index (κ3) is 6.16. The van der Waals surface area contributed by atoms with E-state index in [0.717, 1.165) is 81.4 Å². The predicted molar refractivity (Wildman–Crippen MR) is 193 cm³/mol. The van der Waals surface area contributed by atoms with Crippen LogP contribution in [0.5, 0.6) is 0 Å². The number of nitrogens with zero attached hydrogens (tertiary/aromatic N) is 5. The second-order valence-corrected chi connectivity index (χ2v) is 13.8. The van der Waals surface area contributed by atoms with Crippen molar-refractivity contribution in [3.8, 4) is 28.7 Å². The predicted octanol–water partition coefficient (Wildman–Crippen LogP) is 8.64. The molecule has 49 heavy (non-hydrogen) atoms. The molecule has 0 bridgehead atoms. The van der Waals surface area contributed by atoms with Gasteiger partial charge in [0.05, 0.1) is 11.7 Å². The van der Waals surface area contributed by atoms with E-state index in [1.807, 2.05) is 36.7 Å². The van der Waals surface area contributed by atoms with E-state index in [1.54, 1.807) is 0 Å². The molecule has 1 saturated heterocycles. The molecule has 6 aromatic rings. The van der Waals surface area contributed by atoms with E-state index in [1.165, 1.54) is 31.2 Å². The molecule has 0 unspecified atom stereocenters. The number of nitrogens with one attached hydrogen (secondary N) is 1. The van der Waals surface area contributed by atoms with Crippen molar-refractivity contribution in [2.45, 2.75) is 65.0 Å². The van der Waals surface area contributed by atoms with Crippen LogP contribution in [0.15, 0.2) is 77.5 Å². The van der Waals surface area contributed by atoms with Gasteiger partial charge in [-0.25, -0.2) is 9.97 Å². The Balaban J connectivity index is 1.09. The van der Waals surface area contributed by atoms with Crippen molar-refractivity contribution in [3.05, 3.63) is 101 Å². The third-order valence-corrected chi connectivity index (χ3v) is 10.4. The van der Waals surface area contributed by atoms with Gasteiger partial charge in [-0.3, -0.25) is 9.88 Å². The van der Waals surface area contributed by atoms with Crippen molar-refractivity contribution in [2.24, 2.45) is 5.92 Å². The van der Waals surface area contributed by atoms with Crippen LogP contribution in [-0.2, 0) is 13.0 Å². The number of oxazole rings is 1. The van der Waals surface area contributed by atoms with E-state index in [0.29, 0.717) is 35.3 Å². The summed E-state index contributed by atoms with van der Waals surface area (Å²) < 4.78 is 6.32. The van der Waals surface area contributed by atoms with Crippen LogP contribution in [0.1, 0.15) is 59.9 Å². The molecule has 8 rings (SSSR count). The average molecular weight is 649 g/mol. The number of aromatic nitrogens is 3. The fraction of sp³-hybridized carbons (Fsp3) is 0.317. The average Bonchev–Trinajstić information content (AvgIpc) is 3.87. The van der Waals surface area contributed by atoms with E-state index in [9.17, 15) is 10.4 Å². The molecule has 1 aliphatic carbocycles. The normalized spacial score (nSPS) is 16.9. The monoisotopic (exact) mass is 648 g/mol. The van der Waals surface area contributed by atoms with Crippen molar-refractivity contribution in [3.63, 3.8) is 0 Å². The van der Waals surface area contributed by atoms with E-state index in [2.05, 4.69) is 71.5 Å². The minimum absolute atomic E-state index is 0.238. The number of pyridine rings is 2. The highest BCUT2D eigenvalue weighted by molar-refractivity contribution is 5.91. The summed E-state index contributed by atoms with van der Waals surface area (Å²) >= 11 is 0. The lowest BCUT2D eigenvalue weighted by molar-refractivity contribution is 0.175. The summed E-state index contributed by atoms with van der Waals surface area (Å²) in [5.74, 6) is 1.92. The summed E-state index contributed by atoms with van der Waals surface area (Å²) in [6.07, 6.45) is 10.4. The highest BCUT2D eigenvalue weighted by atomic mass is 16.3. The molecular weight excluding hydrogens is 608 g/mol. The van der Waals surface area contributed by atoms with E-state index in [-0.39, 0.29) is 6.10 Å². The minimum atomic E-state index is -0.238. The fourth-order valence-corrected chi connectivity index (χ4v) is 7.80. The number of benzene rings is 3. The van der Waals surface area contributed by atoms with Gasteiger partial charge in [0, 0.05) is 48.7 Å². The van der Waals surface area contributed by atoms with Gasteiger partial charge in [-0.05, 0) is 102 Å². The zero-order valence-electron chi connectivity index (χ0n) is 28.0. The summed E-state index contributed by atoms with van der Waals surface area (Å²) in [4.78, 5) is 16.7. The first-order chi connectivity index (χ1) is 23.9. The number of hydrogen-bond donors (Lipinski definition) is 2. The topological polar surface area (TPSA) is 111 Å². The molecule has 3 aromatic heterocycles. The Kier molecular flexibility index (Phi) is 8.32.